The highest BCUT2D eigenvalue weighted by Gasteiger charge is 2.27. The van der Waals surface area contributed by atoms with Crippen LogP contribution in [0.4, 0.5) is 4.39 Å². The molecule has 1 aliphatic heterocycles. The van der Waals surface area contributed by atoms with Crippen molar-refractivity contribution in [3.8, 4) is 5.75 Å². The maximum absolute atomic E-state index is 13.1. The summed E-state index contributed by atoms with van der Waals surface area (Å²) >= 11 is 0. The van der Waals surface area contributed by atoms with Crippen LogP contribution in [0.25, 0.3) is 0 Å². The first kappa shape index (κ1) is 18.8. The minimum atomic E-state index is -3.71. The van der Waals surface area contributed by atoms with E-state index in [2.05, 4.69) is 9.62 Å². The summed E-state index contributed by atoms with van der Waals surface area (Å²) in [5.41, 5.74) is 0.957. The number of ether oxygens (including phenoxy) is 1. The molecule has 5 nitrogen and oxygen atoms in total. The van der Waals surface area contributed by atoms with Crippen LogP contribution in [0.1, 0.15) is 24.4 Å². The van der Waals surface area contributed by atoms with Crippen molar-refractivity contribution in [3.05, 3.63) is 59.9 Å². The predicted molar refractivity (Wildman–Crippen MR) is 98.1 cm³/mol. The second kappa shape index (κ2) is 8.16. The minimum absolute atomic E-state index is 0.0547. The van der Waals surface area contributed by atoms with Crippen LogP contribution in [0.2, 0.25) is 0 Å². The summed E-state index contributed by atoms with van der Waals surface area (Å²) in [5, 5.41) is 0. The summed E-state index contributed by atoms with van der Waals surface area (Å²) in [4.78, 5) is 2.32. The SMILES string of the molecule is COc1ccccc1C(CNS(=O)(=O)c1ccc(F)cc1)N1CCCC1. The molecule has 0 bridgehead atoms. The zero-order chi connectivity index (χ0) is 18.6. The van der Waals surface area contributed by atoms with Gasteiger partial charge in [0.05, 0.1) is 18.0 Å². The molecule has 26 heavy (non-hydrogen) atoms. The molecular formula is C19H23FN2O3S. The standard InChI is InChI=1S/C19H23FN2O3S/c1-25-19-7-3-2-6-17(19)18(22-12-4-5-13-22)14-21-26(23,24)16-10-8-15(20)9-11-16/h2-3,6-11,18,21H,4-5,12-14H2,1H3. The van der Waals surface area contributed by atoms with Crippen molar-refractivity contribution in [1.29, 1.82) is 0 Å². The molecule has 3 rings (SSSR count). The van der Waals surface area contributed by atoms with Crippen molar-refractivity contribution in [2.45, 2.75) is 23.8 Å². The van der Waals surface area contributed by atoms with Crippen molar-refractivity contribution in [2.24, 2.45) is 0 Å². The molecule has 1 N–H and O–H groups in total. The molecule has 1 fully saturated rings. The quantitative estimate of drug-likeness (QED) is 0.805. The van der Waals surface area contributed by atoms with E-state index in [-0.39, 0.29) is 17.5 Å². The number of methoxy groups -OCH3 is 1. The van der Waals surface area contributed by atoms with Crippen LogP contribution in [0, 0.1) is 5.82 Å². The fraction of sp³-hybridized carbons (Fsp3) is 0.368. The lowest BCUT2D eigenvalue weighted by atomic mass is 10.0. The monoisotopic (exact) mass is 378 g/mol. The third-order valence-electron chi connectivity index (χ3n) is 4.67. The van der Waals surface area contributed by atoms with Gasteiger partial charge in [-0.25, -0.2) is 17.5 Å². The molecule has 1 saturated heterocycles. The Hall–Kier alpha value is -1.96. The van der Waals surface area contributed by atoms with Gasteiger partial charge in [-0.05, 0) is 56.3 Å². The second-order valence-corrected chi connectivity index (χ2v) is 8.07. The second-order valence-electron chi connectivity index (χ2n) is 6.31. The normalized spacial score (nSPS) is 16.5. The highest BCUT2D eigenvalue weighted by molar-refractivity contribution is 7.89. The number of rotatable bonds is 7. The molecule has 2 aromatic carbocycles. The number of nitrogens with one attached hydrogen (secondary N) is 1. The van der Waals surface area contributed by atoms with E-state index in [1.54, 1.807) is 7.11 Å². The number of hydrogen-bond acceptors (Lipinski definition) is 4. The molecule has 0 aromatic heterocycles. The van der Waals surface area contributed by atoms with E-state index in [1.165, 1.54) is 12.1 Å². The van der Waals surface area contributed by atoms with Gasteiger partial charge < -0.3 is 4.74 Å². The Morgan fingerprint density at radius 1 is 1.12 bits per heavy atom. The van der Waals surface area contributed by atoms with Gasteiger partial charge in [-0.1, -0.05) is 18.2 Å². The molecule has 0 amide bonds. The van der Waals surface area contributed by atoms with Gasteiger partial charge in [0.2, 0.25) is 10.0 Å². The Balaban J connectivity index is 1.83. The van der Waals surface area contributed by atoms with E-state index in [1.807, 2.05) is 24.3 Å². The van der Waals surface area contributed by atoms with Crippen LogP contribution in [-0.4, -0.2) is 40.1 Å². The number of halogens is 1. The number of nitrogens with zero attached hydrogens (tertiary/aromatic N) is 1. The Bertz CT molecular complexity index is 834. The van der Waals surface area contributed by atoms with E-state index in [0.29, 0.717) is 0 Å². The molecule has 0 aliphatic carbocycles. The minimum Gasteiger partial charge on any atom is -0.496 e. The van der Waals surface area contributed by atoms with Gasteiger partial charge in [0.1, 0.15) is 11.6 Å². The molecule has 2 aromatic rings. The first-order valence-electron chi connectivity index (χ1n) is 8.63. The fourth-order valence-corrected chi connectivity index (χ4v) is 4.35. The average Bonchev–Trinajstić information content (AvgIpc) is 3.17. The number of sulfonamides is 1. The maximum Gasteiger partial charge on any atom is 0.240 e. The summed E-state index contributed by atoms with van der Waals surface area (Å²) in [6, 6.07) is 12.4. The van der Waals surface area contributed by atoms with Gasteiger partial charge in [-0.15, -0.1) is 0 Å². The van der Waals surface area contributed by atoms with E-state index < -0.39 is 15.8 Å². The smallest absolute Gasteiger partial charge is 0.240 e. The topological polar surface area (TPSA) is 58.6 Å². The number of likely N-dealkylation sites (tertiary alicyclic amines) is 1. The highest BCUT2D eigenvalue weighted by atomic mass is 32.2. The molecule has 0 radical (unpaired) electrons. The molecule has 1 unspecified atom stereocenters. The van der Waals surface area contributed by atoms with Gasteiger partial charge in [0, 0.05) is 12.1 Å². The third kappa shape index (κ3) is 4.23. The van der Waals surface area contributed by atoms with E-state index in [0.717, 1.165) is 49.4 Å². The van der Waals surface area contributed by atoms with Gasteiger partial charge in [0.15, 0.2) is 0 Å². The first-order valence-corrected chi connectivity index (χ1v) is 10.1. The predicted octanol–water partition coefficient (Wildman–Crippen LogP) is 2.95. The summed E-state index contributed by atoms with van der Waals surface area (Å²) in [6.45, 7) is 2.06. The third-order valence-corrected chi connectivity index (χ3v) is 6.11. The number of hydrogen-bond donors (Lipinski definition) is 1. The first-order chi connectivity index (χ1) is 12.5. The average molecular weight is 378 g/mol. The largest absolute Gasteiger partial charge is 0.496 e. The molecule has 7 heteroatoms. The van der Waals surface area contributed by atoms with Crippen LogP contribution >= 0.6 is 0 Å². The van der Waals surface area contributed by atoms with Crippen molar-refractivity contribution >= 4 is 10.0 Å². The summed E-state index contributed by atoms with van der Waals surface area (Å²) in [7, 11) is -2.10. The number of para-hydroxylation sites is 1. The zero-order valence-corrected chi connectivity index (χ0v) is 15.5. The molecule has 1 aliphatic rings. The lowest BCUT2D eigenvalue weighted by Gasteiger charge is -2.29. The lowest BCUT2D eigenvalue weighted by Crippen LogP contribution is -2.37. The van der Waals surface area contributed by atoms with Crippen LogP contribution < -0.4 is 9.46 Å². The van der Waals surface area contributed by atoms with Crippen molar-refractivity contribution in [3.63, 3.8) is 0 Å². The molecule has 0 saturated carbocycles. The maximum atomic E-state index is 13.1. The van der Waals surface area contributed by atoms with Crippen LogP contribution in [0.3, 0.4) is 0 Å². The lowest BCUT2D eigenvalue weighted by molar-refractivity contribution is 0.240. The number of benzene rings is 2. The van der Waals surface area contributed by atoms with Crippen molar-refractivity contribution in [2.75, 3.05) is 26.7 Å². The zero-order valence-electron chi connectivity index (χ0n) is 14.7. The molecular weight excluding hydrogens is 355 g/mol. The van der Waals surface area contributed by atoms with Crippen molar-refractivity contribution < 1.29 is 17.5 Å². The Kier molecular flexibility index (Phi) is 5.90. The van der Waals surface area contributed by atoms with Gasteiger partial charge in [0.25, 0.3) is 0 Å². The Labute approximate surface area is 153 Å². The molecule has 1 atom stereocenters. The fourth-order valence-electron chi connectivity index (χ4n) is 3.32. The Morgan fingerprint density at radius 2 is 1.77 bits per heavy atom. The van der Waals surface area contributed by atoms with Crippen LogP contribution in [0.5, 0.6) is 5.75 Å². The van der Waals surface area contributed by atoms with Gasteiger partial charge in [-0.2, -0.15) is 0 Å². The molecule has 0 spiro atoms. The van der Waals surface area contributed by atoms with Crippen molar-refractivity contribution in [1.82, 2.24) is 9.62 Å². The van der Waals surface area contributed by atoms with Crippen LogP contribution in [0.15, 0.2) is 53.4 Å². The van der Waals surface area contributed by atoms with Crippen LogP contribution in [-0.2, 0) is 10.0 Å². The van der Waals surface area contributed by atoms with Gasteiger partial charge in [-0.3, -0.25) is 4.90 Å². The molecule has 1 heterocycles. The van der Waals surface area contributed by atoms with E-state index in [4.69, 9.17) is 4.74 Å². The summed E-state index contributed by atoms with van der Waals surface area (Å²) in [6.07, 6.45) is 2.19. The summed E-state index contributed by atoms with van der Waals surface area (Å²) < 4.78 is 46.3. The van der Waals surface area contributed by atoms with Gasteiger partial charge >= 0.3 is 0 Å². The molecule has 140 valence electrons. The Morgan fingerprint density at radius 3 is 2.42 bits per heavy atom. The van der Waals surface area contributed by atoms with E-state index >= 15 is 0 Å². The van der Waals surface area contributed by atoms with E-state index in [9.17, 15) is 12.8 Å². The summed E-state index contributed by atoms with van der Waals surface area (Å²) in [5.74, 6) is 0.276. The highest BCUT2D eigenvalue weighted by Crippen LogP contribution is 2.31.